The van der Waals surface area contributed by atoms with Crippen molar-refractivity contribution in [3.8, 4) is 0 Å². The van der Waals surface area contributed by atoms with E-state index in [1.54, 1.807) is 7.11 Å². The normalized spacial score (nSPS) is 8.39. The van der Waals surface area contributed by atoms with Crippen LogP contribution >= 0.6 is 0 Å². The number of hydrogen-bond acceptors (Lipinski definition) is 8. The van der Waals surface area contributed by atoms with Gasteiger partial charge in [0.15, 0.2) is 13.5 Å². The number of unbranched alkanes of at least 4 members (excludes halogenated alkanes) is 1. The molecule has 0 bridgehead atoms. The van der Waals surface area contributed by atoms with Crippen LogP contribution in [0.4, 0.5) is 44.3 Å². The molecule has 1 atom stereocenters. The number of rotatable bonds is 20. The molecule has 0 amide bonds. The predicted molar refractivity (Wildman–Crippen MR) is 215 cm³/mol. The Hall–Kier alpha value is -1.02. The summed E-state index contributed by atoms with van der Waals surface area (Å²) in [6, 6.07) is 0. The minimum Gasteiger partial charge on any atom is -0.382 e. The van der Waals surface area contributed by atoms with Crippen LogP contribution in [-0.4, -0.2) is 99.5 Å². The molecular weight excluding hydrogens is 750 g/mol. The highest BCUT2D eigenvalue weighted by atomic mass is 19.4. The van der Waals surface area contributed by atoms with E-state index in [1.807, 2.05) is 32.6 Å². The molecule has 8 nitrogen and oxygen atoms in total. The number of halogens is 10. The van der Waals surface area contributed by atoms with E-state index in [-0.39, 0.29) is 93.7 Å². The van der Waals surface area contributed by atoms with Crippen LogP contribution in [0.1, 0.15) is 148 Å². The zero-order chi connectivity index (χ0) is 35.8. The smallest absolute Gasteiger partial charge is 0.382 e. The Labute approximate surface area is 330 Å². The van der Waals surface area contributed by atoms with Gasteiger partial charge in [-0.1, -0.05) is 108 Å². The van der Waals surface area contributed by atoms with Crippen molar-refractivity contribution in [2.75, 3.05) is 87.3 Å². The number of methoxy groups -OCH3 is 1. The fourth-order valence-electron chi connectivity index (χ4n) is 1.37. The van der Waals surface area contributed by atoms with Crippen molar-refractivity contribution in [1.29, 1.82) is 0 Å². The highest BCUT2D eigenvalue weighted by Gasteiger charge is 2.31. The van der Waals surface area contributed by atoms with Gasteiger partial charge in [-0.05, 0) is 53.1 Å². The van der Waals surface area contributed by atoms with E-state index < -0.39 is 33.4 Å². The van der Waals surface area contributed by atoms with Gasteiger partial charge in [0.25, 0.3) is 0 Å². The highest BCUT2D eigenvalue weighted by Crippen LogP contribution is 2.14. The zero-order valence-electron chi connectivity index (χ0n) is 27.1. The molecule has 1 unspecified atom stereocenters. The van der Waals surface area contributed by atoms with Crippen LogP contribution in [-0.2, 0) is 38.5 Å². The van der Waals surface area contributed by atoms with Gasteiger partial charge in [0, 0.05) is 40.1 Å². The first-order valence-electron chi connectivity index (χ1n) is 13.8. The Morgan fingerprint density at radius 1 is 0.500 bits per heavy atom. The lowest BCUT2D eigenvalue weighted by Crippen LogP contribution is -2.18. The second-order valence-electron chi connectivity index (χ2n) is 7.27. The Morgan fingerprint density at radius 3 is 1.06 bits per heavy atom. The summed E-state index contributed by atoms with van der Waals surface area (Å²) in [5, 5.41) is 0. The maximum absolute atomic E-state index is 11.2. The molecule has 0 saturated heterocycles. The molecule has 0 aliphatic rings. The molecular formula is C36H96F10O8. The second kappa shape index (κ2) is 124. The van der Waals surface area contributed by atoms with Gasteiger partial charge in [-0.2, -0.15) is 18.7 Å². The van der Waals surface area contributed by atoms with E-state index in [0.29, 0.717) is 13.2 Å². The lowest BCUT2D eigenvalue weighted by atomic mass is 10.3. The maximum atomic E-state index is 11.2. The molecule has 0 radical (unpaired) electrons. The van der Waals surface area contributed by atoms with Crippen molar-refractivity contribution < 1.29 is 82.8 Å². The van der Waals surface area contributed by atoms with Crippen LogP contribution in [0.2, 0.25) is 0 Å². The summed E-state index contributed by atoms with van der Waals surface area (Å²) < 4.78 is 129. The number of ether oxygens (including phenoxy) is 5. The standard InChI is InChI=1S/C8H18O2.C5H11FO.C5H12O.C4H9FO.C2H2F4O.2CH2F2O.10CH4/c1-4-5-6-10-7-8(2)9-3;1-2-4-7-5-3-6;1-3-5-6-4-2;1-2-3-6-4-5;3-1-2(4,5)7-6;2*2-1-4-3;;;;;;;;;;/h8H,4-7H2,1-3H3;2-5H2,1H3;3-5H2,1-2H3;2-4H2,1H3;1H2;2*1H2;10*1H4. The van der Waals surface area contributed by atoms with E-state index in [0.717, 1.165) is 52.1 Å². The quantitative estimate of drug-likeness (QED) is 0.0886. The molecule has 0 aromatic heterocycles. The van der Waals surface area contributed by atoms with E-state index in [2.05, 4.69) is 28.5 Å². The summed E-state index contributed by atoms with van der Waals surface area (Å²) in [5.74, 6) is 0. The lowest BCUT2D eigenvalue weighted by Gasteiger charge is -2.08. The molecule has 358 valence electrons. The molecule has 0 aliphatic carbocycles. The molecule has 0 aromatic carbocycles. The Morgan fingerprint density at radius 2 is 0.870 bits per heavy atom. The lowest BCUT2D eigenvalue weighted by molar-refractivity contribution is -0.357. The molecule has 0 heterocycles. The molecule has 0 aromatic rings. The summed E-state index contributed by atoms with van der Waals surface area (Å²) in [4.78, 5) is 6.63. The van der Waals surface area contributed by atoms with Gasteiger partial charge in [0.1, 0.15) is 6.67 Å². The monoisotopic (exact) mass is 847 g/mol. The Bertz CT molecular complexity index is 375. The molecule has 0 N–H and O–H groups in total. The predicted octanol–water partition coefficient (Wildman–Crippen LogP) is 15.4. The van der Waals surface area contributed by atoms with Gasteiger partial charge in [-0.15, -0.1) is 4.94 Å². The summed E-state index contributed by atoms with van der Waals surface area (Å²) in [6.07, 6.45) is 1.33. The average Bonchev–Trinajstić information content (AvgIpc) is 3.06. The van der Waals surface area contributed by atoms with Crippen molar-refractivity contribution >= 4 is 0 Å². The number of hydrogen-bond donors (Lipinski definition) is 0. The van der Waals surface area contributed by atoms with Crippen LogP contribution < -0.4 is 0 Å². The highest BCUT2D eigenvalue weighted by molar-refractivity contribution is 4.44. The summed E-state index contributed by atoms with van der Waals surface area (Å²) in [7, 11) is 1.70. The summed E-state index contributed by atoms with van der Waals surface area (Å²) in [6.45, 7) is 11.2. The van der Waals surface area contributed by atoms with Crippen molar-refractivity contribution in [3.63, 3.8) is 0 Å². The largest absolute Gasteiger partial charge is 0.413 e. The molecule has 0 rings (SSSR count). The van der Waals surface area contributed by atoms with Crippen molar-refractivity contribution in [1.82, 2.24) is 0 Å². The fourth-order valence-corrected chi connectivity index (χ4v) is 1.37. The van der Waals surface area contributed by atoms with E-state index in [4.69, 9.17) is 18.9 Å². The van der Waals surface area contributed by atoms with Gasteiger partial charge in [0.2, 0.25) is 13.7 Å². The Balaban J connectivity index is -0.0000000194. The number of alkyl halides is 7. The van der Waals surface area contributed by atoms with Crippen LogP contribution in [0.5, 0.6) is 0 Å². The van der Waals surface area contributed by atoms with Crippen LogP contribution in [0.25, 0.3) is 0 Å². The second-order valence-corrected chi connectivity index (χ2v) is 7.27. The topological polar surface area (TPSA) is 73.8 Å². The molecule has 0 spiro atoms. The van der Waals surface area contributed by atoms with E-state index in [9.17, 15) is 44.3 Å². The van der Waals surface area contributed by atoms with E-state index >= 15 is 0 Å². The van der Waals surface area contributed by atoms with Gasteiger partial charge in [0.05, 0.1) is 19.3 Å². The third kappa shape index (κ3) is 204. The van der Waals surface area contributed by atoms with Gasteiger partial charge < -0.3 is 23.7 Å². The maximum Gasteiger partial charge on any atom is 0.413 e. The first-order valence-corrected chi connectivity index (χ1v) is 13.8. The van der Waals surface area contributed by atoms with Gasteiger partial charge in [-0.3, -0.25) is 0 Å². The molecule has 0 fully saturated rings. The average molecular weight is 847 g/mol. The summed E-state index contributed by atoms with van der Waals surface area (Å²) >= 11 is 0. The third-order valence-corrected chi connectivity index (χ3v) is 3.30. The molecule has 18 heteroatoms. The van der Waals surface area contributed by atoms with E-state index in [1.165, 1.54) is 6.42 Å². The third-order valence-electron chi connectivity index (χ3n) is 3.30. The molecule has 54 heavy (non-hydrogen) atoms. The molecule has 0 aliphatic heterocycles. The first-order chi connectivity index (χ1) is 21.0. The minimum absolute atomic E-state index is 0. The summed E-state index contributed by atoms with van der Waals surface area (Å²) in [5.41, 5.74) is 0. The van der Waals surface area contributed by atoms with Crippen LogP contribution in [0, 0.1) is 0 Å². The molecule has 0 saturated carbocycles. The minimum atomic E-state index is -4.25. The van der Waals surface area contributed by atoms with Crippen molar-refractivity contribution in [2.24, 2.45) is 0 Å². The van der Waals surface area contributed by atoms with Crippen molar-refractivity contribution in [2.45, 2.75) is 160 Å². The SMILES string of the molecule is C.C.C.C.C.C.C.C.C.C.CCCCOCC(C)OC.CCCOCC.CCCOCCF.CCCOCF.FCC(F)(F)OF.FCOF.FCOF. The van der Waals surface area contributed by atoms with Crippen LogP contribution in [0.15, 0.2) is 0 Å². The first kappa shape index (κ1) is 111. The van der Waals surface area contributed by atoms with Gasteiger partial charge >= 0.3 is 6.11 Å². The Kier molecular flexibility index (Phi) is 254. The fraction of sp³-hybridized carbons (Fsp3) is 1.00. The van der Waals surface area contributed by atoms with Crippen molar-refractivity contribution in [3.05, 3.63) is 0 Å². The van der Waals surface area contributed by atoms with Gasteiger partial charge in [-0.25, -0.2) is 22.0 Å². The zero-order valence-corrected chi connectivity index (χ0v) is 27.1. The van der Waals surface area contributed by atoms with Crippen LogP contribution in [0.3, 0.4) is 0 Å².